The molecule has 0 bridgehead atoms. The number of nitrogens with zero attached hydrogens (tertiary/aromatic N) is 9. The molecule has 2 aliphatic carbocycles. The van der Waals surface area contributed by atoms with Crippen molar-refractivity contribution in [3.63, 3.8) is 0 Å². The smallest absolute Gasteiger partial charge is 0.251 e. The van der Waals surface area contributed by atoms with Crippen LogP contribution in [0.15, 0.2) is 222 Å². The highest BCUT2D eigenvalue weighted by atomic mass is 35.5. The molecule has 92 heavy (non-hydrogen) atoms. The summed E-state index contributed by atoms with van der Waals surface area (Å²) in [6, 6.07) is 54.7. The van der Waals surface area contributed by atoms with E-state index in [1.807, 2.05) is 178 Å². The van der Waals surface area contributed by atoms with Crippen molar-refractivity contribution in [1.82, 2.24) is 43.5 Å². The molecule has 14 rings (SSSR count). The first-order valence-electron chi connectivity index (χ1n) is 30.3. The molecule has 2 unspecified atom stereocenters. The molecule has 462 valence electrons. The number of hydrogen-bond donors (Lipinski definition) is 1. The predicted octanol–water partition coefficient (Wildman–Crippen LogP) is 15.5. The van der Waals surface area contributed by atoms with Gasteiger partial charge in [0.25, 0.3) is 11.1 Å². The number of halogens is 4. The molecule has 18 heteroatoms. The Kier molecular flexibility index (Phi) is 17.6. The summed E-state index contributed by atoms with van der Waals surface area (Å²) in [5.41, 5.74) is 10.4. The van der Waals surface area contributed by atoms with Crippen LogP contribution in [0.2, 0.25) is 20.4 Å². The summed E-state index contributed by atoms with van der Waals surface area (Å²) in [6.07, 6.45) is 17.3. The molecule has 12 aromatic rings. The van der Waals surface area contributed by atoms with Crippen LogP contribution >= 0.6 is 46.4 Å². The molecule has 6 aromatic carbocycles. The fourth-order valence-corrected chi connectivity index (χ4v) is 13.0. The van der Waals surface area contributed by atoms with Gasteiger partial charge in [0.2, 0.25) is 0 Å². The fraction of sp³-hybridized carbons (Fsp3) is 0.203. The number of rotatable bonds is 19. The number of aromatic nitrogens is 8. The van der Waals surface area contributed by atoms with Crippen molar-refractivity contribution >= 4 is 74.4 Å². The van der Waals surface area contributed by atoms with E-state index >= 15 is 0 Å². The average molecular weight is 1300 g/mol. The maximum Gasteiger partial charge on any atom is 0.251 e. The minimum Gasteiger partial charge on any atom is -0.497 e. The molecule has 0 aliphatic heterocycles. The Morgan fingerprint density at radius 3 is 1.51 bits per heavy atom. The number of methoxy groups -OCH3 is 2. The highest BCUT2D eigenvalue weighted by Crippen LogP contribution is 2.45. The molecule has 0 spiro atoms. The maximum atomic E-state index is 13.6. The first-order valence-corrected chi connectivity index (χ1v) is 31.9. The first-order chi connectivity index (χ1) is 44.7. The molecule has 0 saturated heterocycles. The van der Waals surface area contributed by atoms with Gasteiger partial charge in [-0.15, -0.1) is 0 Å². The van der Waals surface area contributed by atoms with Gasteiger partial charge in [-0.3, -0.25) is 19.9 Å². The second-order valence-electron chi connectivity index (χ2n) is 23.6. The number of ether oxygens (including phenoxy) is 2. The quantitative estimate of drug-likeness (QED) is 0.0617. The zero-order valence-corrected chi connectivity index (χ0v) is 54.0. The van der Waals surface area contributed by atoms with E-state index in [1.165, 1.54) is 0 Å². The Hall–Kier alpha value is -9.15. The number of hydrogen-bond acceptors (Lipinski definition) is 10. The van der Waals surface area contributed by atoms with E-state index in [1.54, 1.807) is 51.3 Å². The number of pyridine rings is 4. The summed E-state index contributed by atoms with van der Waals surface area (Å²) in [4.78, 5) is 50.6. The summed E-state index contributed by atoms with van der Waals surface area (Å²) in [7, 11) is 7.25. The topological polar surface area (TPSA) is 148 Å². The largest absolute Gasteiger partial charge is 0.497 e. The number of fused-ring (bicyclic) bond motifs is 2. The molecular formula is C74H64Cl4N10O4. The Morgan fingerprint density at radius 1 is 0.543 bits per heavy atom. The standard InChI is InChI=1S/C37H33Cl2N5O2.C37H31Cl2N5O2/c2*1-43-23-40-21-34(43)37(28-11-15-35(39)41-20-28,42-19-24-8-12-30(46-2)13-9-24)27-10-14-33-32(17-27)31(26-4-3-5-29(38)16-26)18-36(45)44(33)22-25-6-7-25/h3-5,8-18,20-21,23,25,42H,6-7,19,22H2,1-2H3;3-5,8-21,23,25H,6-7,22H2,1-2H3. The number of aryl methyl sites for hydroxylation is 2. The van der Waals surface area contributed by atoms with E-state index in [9.17, 15) is 9.59 Å². The monoisotopic (exact) mass is 1300 g/mol. The van der Waals surface area contributed by atoms with Crippen molar-refractivity contribution in [3.05, 3.63) is 293 Å². The molecule has 6 heterocycles. The zero-order valence-electron chi connectivity index (χ0n) is 51.0. The lowest BCUT2D eigenvalue weighted by Gasteiger charge is -2.37. The summed E-state index contributed by atoms with van der Waals surface area (Å²) < 4.78 is 18.6. The van der Waals surface area contributed by atoms with E-state index in [0.29, 0.717) is 51.8 Å². The van der Waals surface area contributed by atoms with E-state index in [-0.39, 0.29) is 11.1 Å². The Labute approximate surface area is 552 Å². The normalized spacial score (nSPS) is 14.4. The molecule has 2 atom stereocenters. The Bertz CT molecular complexity index is 4830. The molecule has 1 N–H and O–H groups in total. The molecule has 2 fully saturated rings. The van der Waals surface area contributed by atoms with Gasteiger partial charge < -0.3 is 27.7 Å². The Balaban J connectivity index is 0.000000168. The van der Waals surface area contributed by atoms with Gasteiger partial charge in [0.1, 0.15) is 27.3 Å². The SMILES string of the molecule is COc1ccc(C=NC(c2ccc(Cl)nc2)(c2ccc3c(c2)c(-c2cccc(Cl)c2)cc(=O)n3CC2CC2)c2cncn2C)cc1.COc1ccc(CNC(c2ccc(Cl)nc2)(c2ccc3c(c2)c(-c2cccc(Cl)c2)cc(=O)n3CC2CC2)c2cncn2C)cc1. The van der Waals surface area contributed by atoms with E-state index in [4.69, 9.17) is 60.9 Å². The summed E-state index contributed by atoms with van der Waals surface area (Å²) in [6.45, 7) is 1.92. The Morgan fingerprint density at radius 2 is 1.03 bits per heavy atom. The van der Waals surface area contributed by atoms with Crippen molar-refractivity contribution in [2.24, 2.45) is 30.9 Å². The summed E-state index contributed by atoms with van der Waals surface area (Å²) in [5, 5.41) is 7.79. The number of aliphatic imine (C=N–C) groups is 1. The van der Waals surface area contributed by atoms with Crippen LogP contribution in [0, 0.1) is 11.8 Å². The molecule has 0 amide bonds. The minimum atomic E-state index is -1.08. The van der Waals surface area contributed by atoms with Crippen LogP contribution < -0.4 is 25.9 Å². The van der Waals surface area contributed by atoms with Crippen LogP contribution in [0.5, 0.6) is 11.5 Å². The molecule has 0 radical (unpaired) electrons. The lowest BCUT2D eigenvalue weighted by molar-refractivity contribution is 0.414. The van der Waals surface area contributed by atoms with Gasteiger partial charge in [-0.25, -0.2) is 19.9 Å². The summed E-state index contributed by atoms with van der Waals surface area (Å²) >= 11 is 25.5. The van der Waals surface area contributed by atoms with Crippen molar-refractivity contribution in [2.75, 3.05) is 14.2 Å². The lowest BCUT2D eigenvalue weighted by atomic mass is 9.79. The van der Waals surface area contributed by atoms with Crippen LogP contribution in [0.3, 0.4) is 0 Å². The van der Waals surface area contributed by atoms with Crippen LogP contribution in [0.25, 0.3) is 44.1 Å². The van der Waals surface area contributed by atoms with E-state index in [2.05, 4.69) is 55.6 Å². The number of imidazole rings is 2. The fourth-order valence-electron chi connectivity index (χ4n) is 12.4. The first kappa shape index (κ1) is 61.7. The molecule has 2 aliphatic rings. The van der Waals surface area contributed by atoms with E-state index < -0.39 is 11.1 Å². The predicted molar refractivity (Wildman–Crippen MR) is 368 cm³/mol. The van der Waals surface area contributed by atoms with Gasteiger partial charge in [0.15, 0.2) is 5.54 Å². The molecular weight excluding hydrogens is 1230 g/mol. The van der Waals surface area contributed by atoms with Crippen LogP contribution in [-0.4, -0.2) is 58.6 Å². The molecule has 6 aromatic heterocycles. The van der Waals surface area contributed by atoms with Crippen molar-refractivity contribution < 1.29 is 9.47 Å². The maximum absolute atomic E-state index is 13.6. The lowest BCUT2D eigenvalue weighted by Crippen LogP contribution is -2.45. The van der Waals surface area contributed by atoms with Gasteiger partial charge in [0.05, 0.1) is 61.7 Å². The van der Waals surface area contributed by atoms with E-state index in [0.717, 1.165) is 126 Å². The van der Waals surface area contributed by atoms with Crippen LogP contribution in [-0.2, 0) is 44.8 Å². The minimum absolute atomic E-state index is 0.0143. The second kappa shape index (κ2) is 26.2. The highest BCUT2D eigenvalue weighted by Gasteiger charge is 2.41. The number of benzene rings is 6. The van der Waals surface area contributed by atoms with Gasteiger partial charge in [-0.05, 0) is 179 Å². The second-order valence-corrected chi connectivity index (χ2v) is 25.2. The van der Waals surface area contributed by atoms with Gasteiger partial charge in [-0.1, -0.05) is 107 Å². The van der Waals surface area contributed by atoms with Crippen molar-refractivity contribution in [3.8, 4) is 33.8 Å². The third-order valence-corrected chi connectivity index (χ3v) is 18.5. The van der Waals surface area contributed by atoms with Crippen molar-refractivity contribution in [1.29, 1.82) is 0 Å². The van der Waals surface area contributed by atoms with Crippen LogP contribution in [0.4, 0.5) is 0 Å². The summed E-state index contributed by atoms with van der Waals surface area (Å²) in [5.74, 6) is 2.60. The van der Waals surface area contributed by atoms with Crippen LogP contribution in [0.1, 0.15) is 70.5 Å². The average Bonchev–Trinajstić information content (AvgIpc) is 0.970. The van der Waals surface area contributed by atoms with Gasteiger partial charge in [0, 0.05) is 96.4 Å². The van der Waals surface area contributed by atoms with Gasteiger partial charge in [-0.2, -0.15) is 0 Å². The van der Waals surface area contributed by atoms with Gasteiger partial charge >= 0.3 is 0 Å². The zero-order chi connectivity index (χ0) is 63.7. The molecule has 14 nitrogen and oxygen atoms in total. The highest BCUT2D eigenvalue weighted by molar-refractivity contribution is 6.31. The van der Waals surface area contributed by atoms with Crippen molar-refractivity contribution in [2.45, 2.75) is 56.4 Å². The molecule has 2 saturated carbocycles. The third-order valence-electron chi connectivity index (χ3n) is 17.6. The number of nitrogens with one attached hydrogen (secondary N) is 1. The third kappa shape index (κ3) is 12.5.